The highest BCUT2D eigenvalue weighted by Crippen LogP contribution is 2.30. The molecule has 0 fully saturated rings. The van der Waals surface area contributed by atoms with Gasteiger partial charge in [-0.3, -0.25) is 4.79 Å². The van der Waals surface area contributed by atoms with Gasteiger partial charge in [-0.05, 0) is 46.8 Å². The molecule has 3 aromatic rings. The van der Waals surface area contributed by atoms with Crippen LogP contribution in [0.4, 0.5) is 0 Å². The van der Waals surface area contributed by atoms with Gasteiger partial charge in [0.2, 0.25) is 5.76 Å². The third-order valence-corrected chi connectivity index (χ3v) is 4.60. The van der Waals surface area contributed by atoms with Crippen molar-refractivity contribution < 1.29 is 18.8 Å². The molecular weight excluding hydrogens is 344 g/mol. The van der Waals surface area contributed by atoms with Gasteiger partial charge in [-0.25, -0.2) is 0 Å². The summed E-state index contributed by atoms with van der Waals surface area (Å²) < 4.78 is 15.8. The predicted octanol–water partition coefficient (Wildman–Crippen LogP) is 3.53. The molecule has 0 spiro atoms. The minimum Gasteiger partial charge on any atom is -0.493 e. The Hall–Kier alpha value is -3.28. The van der Waals surface area contributed by atoms with Gasteiger partial charge < -0.3 is 19.3 Å². The Balaban J connectivity index is 1.66. The Bertz CT molecular complexity index is 936. The molecule has 6 nitrogen and oxygen atoms in total. The van der Waals surface area contributed by atoms with E-state index in [9.17, 15) is 4.79 Å². The number of amides is 1. The molecule has 4 rings (SSSR count). The lowest BCUT2D eigenvalue weighted by molar-refractivity contribution is 0.0905. The van der Waals surface area contributed by atoms with Crippen LogP contribution in [0.5, 0.6) is 11.6 Å². The fourth-order valence-electron chi connectivity index (χ4n) is 3.23. The summed E-state index contributed by atoms with van der Waals surface area (Å²) in [6.45, 7) is 0.749. The second-order valence-corrected chi connectivity index (χ2v) is 6.37. The van der Waals surface area contributed by atoms with Crippen molar-refractivity contribution in [1.82, 2.24) is 10.5 Å². The molecule has 2 aromatic carbocycles. The number of aromatic nitrogens is 1. The van der Waals surface area contributed by atoms with Crippen LogP contribution in [0.2, 0.25) is 0 Å². The lowest BCUT2D eigenvalue weighted by Gasteiger charge is -2.23. The molecule has 0 aliphatic carbocycles. The molecular formula is C21H20N2O4. The van der Waals surface area contributed by atoms with E-state index in [4.69, 9.17) is 14.0 Å². The van der Waals surface area contributed by atoms with Gasteiger partial charge >= 0.3 is 0 Å². The Labute approximate surface area is 157 Å². The van der Waals surface area contributed by atoms with E-state index >= 15 is 0 Å². The van der Waals surface area contributed by atoms with E-state index in [2.05, 4.69) is 16.5 Å². The smallest absolute Gasteiger partial charge is 0.290 e. The zero-order valence-corrected chi connectivity index (χ0v) is 15.0. The summed E-state index contributed by atoms with van der Waals surface area (Å²) in [6.07, 6.45) is 1.97. The number of ether oxygens (including phenoxy) is 2. The first-order valence-corrected chi connectivity index (χ1v) is 8.87. The van der Waals surface area contributed by atoms with Crippen molar-refractivity contribution >= 4 is 5.91 Å². The molecule has 1 aliphatic rings. The number of carbonyl (C=O) groups excluding carboxylic acids is 1. The lowest BCUT2D eigenvalue weighted by Crippen LogP contribution is -2.29. The van der Waals surface area contributed by atoms with E-state index in [1.165, 1.54) is 13.2 Å². The number of nitrogens with zero attached hydrogens (tertiary/aromatic N) is 1. The van der Waals surface area contributed by atoms with Crippen LogP contribution >= 0.6 is 0 Å². The molecule has 0 unspecified atom stereocenters. The van der Waals surface area contributed by atoms with E-state index in [0.717, 1.165) is 41.9 Å². The van der Waals surface area contributed by atoms with Crippen molar-refractivity contribution in [3.05, 3.63) is 77.0 Å². The van der Waals surface area contributed by atoms with Crippen molar-refractivity contribution in [1.29, 1.82) is 0 Å². The molecule has 2 heterocycles. The Morgan fingerprint density at radius 2 is 2.00 bits per heavy atom. The first-order chi connectivity index (χ1) is 13.2. The zero-order chi connectivity index (χ0) is 18.6. The third kappa shape index (κ3) is 3.65. The number of methoxy groups -OCH3 is 1. The fraction of sp³-hybridized carbons (Fsp3) is 0.238. The number of rotatable bonds is 5. The van der Waals surface area contributed by atoms with Crippen LogP contribution in [0, 0.1) is 0 Å². The van der Waals surface area contributed by atoms with Crippen LogP contribution in [0.15, 0.2) is 59.1 Å². The first kappa shape index (κ1) is 17.1. The van der Waals surface area contributed by atoms with Crippen LogP contribution < -0.4 is 14.8 Å². The standard InChI is InChI=1S/C21H20N2O4/c1-25-19-13-18(27-23-19)21(24)22-20(14-6-3-2-4-7-14)16-9-10-17-15(12-16)8-5-11-26-17/h2-4,6-7,9-10,12-13,20H,5,8,11H2,1H3,(H,22,24)/t20-/m1/s1. The third-order valence-electron chi connectivity index (χ3n) is 4.60. The first-order valence-electron chi connectivity index (χ1n) is 8.87. The van der Waals surface area contributed by atoms with Crippen LogP contribution in [0.3, 0.4) is 0 Å². The largest absolute Gasteiger partial charge is 0.493 e. The highest BCUT2D eigenvalue weighted by molar-refractivity contribution is 5.92. The number of carbonyl (C=O) groups is 1. The number of fused-ring (bicyclic) bond motifs is 1. The summed E-state index contributed by atoms with van der Waals surface area (Å²) in [4.78, 5) is 12.7. The maximum atomic E-state index is 12.7. The normalized spacial score (nSPS) is 14.0. The molecule has 0 saturated heterocycles. The highest BCUT2D eigenvalue weighted by atomic mass is 16.5. The van der Waals surface area contributed by atoms with Crippen molar-refractivity contribution in [2.45, 2.75) is 18.9 Å². The van der Waals surface area contributed by atoms with Crippen molar-refractivity contribution in [3.8, 4) is 11.6 Å². The molecule has 6 heteroatoms. The average Bonchev–Trinajstić information content (AvgIpc) is 3.22. The fourth-order valence-corrected chi connectivity index (χ4v) is 3.23. The Morgan fingerprint density at radius 3 is 2.78 bits per heavy atom. The number of benzene rings is 2. The van der Waals surface area contributed by atoms with Gasteiger partial charge in [-0.15, -0.1) is 0 Å². The van der Waals surface area contributed by atoms with Gasteiger partial charge in [0.25, 0.3) is 11.8 Å². The number of hydrogen-bond acceptors (Lipinski definition) is 5. The van der Waals surface area contributed by atoms with E-state index in [1.807, 2.05) is 42.5 Å². The summed E-state index contributed by atoms with van der Waals surface area (Å²) in [5.74, 6) is 0.938. The average molecular weight is 364 g/mol. The molecule has 1 N–H and O–H groups in total. The summed E-state index contributed by atoms with van der Waals surface area (Å²) in [5.41, 5.74) is 3.13. The molecule has 1 atom stereocenters. The topological polar surface area (TPSA) is 73.6 Å². The van der Waals surface area contributed by atoms with E-state index in [1.54, 1.807) is 0 Å². The van der Waals surface area contributed by atoms with Gasteiger partial charge in [0, 0.05) is 0 Å². The molecule has 0 radical (unpaired) electrons. The SMILES string of the molecule is COc1cc(C(=O)N[C@H](c2ccccc2)c2ccc3c(c2)CCCO3)on1. The van der Waals surface area contributed by atoms with Crippen LogP contribution in [-0.4, -0.2) is 24.8 Å². The summed E-state index contributed by atoms with van der Waals surface area (Å²) in [7, 11) is 1.47. The molecule has 1 aromatic heterocycles. The van der Waals surface area contributed by atoms with Crippen molar-refractivity contribution in [2.75, 3.05) is 13.7 Å². The maximum absolute atomic E-state index is 12.7. The monoisotopic (exact) mass is 364 g/mol. The molecule has 1 amide bonds. The highest BCUT2D eigenvalue weighted by Gasteiger charge is 2.22. The summed E-state index contributed by atoms with van der Waals surface area (Å²) >= 11 is 0. The van der Waals surface area contributed by atoms with E-state index in [0.29, 0.717) is 0 Å². The van der Waals surface area contributed by atoms with Crippen LogP contribution in [-0.2, 0) is 6.42 Å². The molecule has 27 heavy (non-hydrogen) atoms. The van der Waals surface area contributed by atoms with Crippen molar-refractivity contribution in [3.63, 3.8) is 0 Å². The summed E-state index contributed by atoms with van der Waals surface area (Å²) in [6, 6.07) is 17.1. The van der Waals surface area contributed by atoms with Crippen LogP contribution in [0.25, 0.3) is 0 Å². The molecule has 138 valence electrons. The molecule has 0 bridgehead atoms. The number of hydrogen-bond donors (Lipinski definition) is 1. The lowest BCUT2D eigenvalue weighted by atomic mass is 9.94. The molecule has 1 aliphatic heterocycles. The van der Waals surface area contributed by atoms with Gasteiger partial charge in [-0.1, -0.05) is 36.4 Å². The zero-order valence-electron chi connectivity index (χ0n) is 15.0. The summed E-state index contributed by atoms with van der Waals surface area (Å²) in [5, 5.41) is 6.73. The minimum atomic E-state index is -0.353. The number of nitrogens with one attached hydrogen (secondary N) is 1. The predicted molar refractivity (Wildman–Crippen MR) is 99.1 cm³/mol. The second-order valence-electron chi connectivity index (χ2n) is 6.37. The minimum absolute atomic E-state index is 0.106. The quantitative estimate of drug-likeness (QED) is 0.750. The van der Waals surface area contributed by atoms with Gasteiger partial charge in [0.05, 0.1) is 25.8 Å². The van der Waals surface area contributed by atoms with Gasteiger partial charge in [0.1, 0.15) is 5.75 Å². The Kier molecular flexibility index (Phi) is 4.78. The maximum Gasteiger partial charge on any atom is 0.290 e. The Morgan fingerprint density at radius 1 is 1.15 bits per heavy atom. The number of aryl methyl sites for hydroxylation is 1. The van der Waals surface area contributed by atoms with Crippen molar-refractivity contribution in [2.24, 2.45) is 0 Å². The van der Waals surface area contributed by atoms with Crippen LogP contribution in [0.1, 0.15) is 39.7 Å². The molecule has 0 saturated carbocycles. The van der Waals surface area contributed by atoms with E-state index in [-0.39, 0.29) is 23.6 Å². The second kappa shape index (κ2) is 7.53. The van der Waals surface area contributed by atoms with Gasteiger partial charge in [0.15, 0.2) is 0 Å². The van der Waals surface area contributed by atoms with E-state index < -0.39 is 0 Å². The van der Waals surface area contributed by atoms with Gasteiger partial charge in [-0.2, -0.15) is 0 Å².